The number of hydrogen-bond donors (Lipinski definition) is 2. The van der Waals surface area contributed by atoms with Gasteiger partial charge in [0.25, 0.3) is 0 Å². The molecule has 0 aliphatic rings. The van der Waals surface area contributed by atoms with Crippen molar-refractivity contribution in [1.29, 1.82) is 0 Å². The van der Waals surface area contributed by atoms with Crippen molar-refractivity contribution in [3.05, 3.63) is 53.6 Å². The molecule has 6 nitrogen and oxygen atoms in total. The normalized spacial score (nSPS) is 13.7. The van der Waals surface area contributed by atoms with E-state index >= 15 is 0 Å². The number of Topliss-reactive ketones (excluding diaryl/α,β-unsaturated/α-hetero) is 1. The summed E-state index contributed by atoms with van der Waals surface area (Å²) < 4.78 is 0. The van der Waals surface area contributed by atoms with Crippen molar-refractivity contribution in [1.82, 2.24) is 9.97 Å². The number of H-pyrrole nitrogens is 1. The number of carbonyl (C=O) groups excluding carboxylic acids is 1. The SMILES string of the molecule is CC(C)(C)OOC(C)(C)c1ccccc1C(=O)[C@@H](N)Cc1c[nH]cn1. The van der Waals surface area contributed by atoms with Gasteiger partial charge in [-0.3, -0.25) is 4.79 Å². The van der Waals surface area contributed by atoms with Crippen LogP contribution >= 0.6 is 0 Å². The summed E-state index contributed by atoms with van der Waals surface area (Å²) in [5.74, 6) is -0.147. The fourth-order valence-corrected chi connectivity index (χ4v) is 2.42. The van der Waals surface area contributed by atoms with E-state index in [1.54, 1.807) is 18.6 Å². The number of nitrogens with one attached hydrogen (secondary N) is 1. The lowest BCUT2D eigenvalue weighted by Gasteiger charge is -2.30. The van der Waals surface area contributed by atoms with E-state index < -0.39 is 17.2 Å². The summed E-state index contributed by atoms with van der Waals surface area (Å²) in [5, 5.41) is 0. The summed E-state index contributed by atoms with van der Waals surface area (Å²) in [6.45, 7) is 9.44. The summed E-state index contributed by atoms with van der Waals surface area (Å²) in [6.07, 6.45) is 3.68. The van der Waals surface area contributed by atoms with Gasteiger partial charge in [0.15, 0.2) is 5.78 Å². The average molecular weight is 345 g/mol. The first-order valence-electron chi connectivity index (χ1n) is 8.34. The molecule has 0 aliphatic heterocycles. The van der Waals surface area contributed by atoms with Crippen molar-refractivity contribution < 1.29 is 14.6 Å². The summed E-state index contributed by atoms with van der Waals surface area (Å²) in [7, 11) is 0. The maximum absolute atomic E-state index is 12.9. The molecule has 0 saturated carbocycles. The van der Waals surface area contributed by atoms with E-state index in [2.05, 4.69) is 9.97 Å². The van der Waals surface area contributed by atoms with Crippen LogP contribution in [0, 0.1) is 0 Å². The predicted molar refractivity (Wildman–Crippen MR) is 96.0 cm³/mol. The first kappa shape index (κ1) is 19.3. The van der Waals surface area contributed by atoms with Crippen LogP contribution in [-0.4, -0.2) is 27.4 Å². The number of benzene rings is 1. The quantitative estimate of drug-likeness (QED) is 0.457. The largest absolute Gasteiger partial charge is 0.351 e. The van der Waals surface area contributed by atoms with Crippen LogP contribution < -0.4 is 5.73 Å². The highest BCUT2D eigenvalue weighted by Crippen LogP contribution is 2.30. The van der Waals surface area contributed by atoms with Crippen molar-refractivity contribution in [3.63, 3.8) is 0 Å². The first-order valence-corrected chi connectivity index (χ1v) is 8.34. The van der Waals surface area contributed by atoms with Gasteiger partial charge in [0.1, 0.15) is 5.60 Å². The Labute approximate surface area is 148 Å². The molecule has 2 rings (SSSR count). The molecule has 0 amide bonds. The van der Waals surface area contributed by atoms with E-state index in [1.165, 1.54) is 0 Å². The second-order valence-electron chi connectivity index (χ2n) is 7.57. The van der Waals surface area contributed by atoms with E-state index in [0.717, 1.165) is 11.3 Å². The van der Waals surface area contributed by atoms with Gasteiger partial charge in [-0.15, -0.1) is 0 Å². The second-order valence-corrected chi connectivity index (χ2v) is 7.57. The van der Waals surface area contributed by atoms with Gasteiger partial charge in [-0.2, -0.15) is 0 Å². The van der Waals surface area contributed by atoms with Crippen LogP contribution in [0.1, 0.15) is 56.2 Å². The second kappa shape index (κ2) is 7.47. The molecule has 0 aliphatic carbocycles. The molecule has 2 aromatic rings. The minimum Gasteiger partial charge on any atom is -0.351 e. The molecule has 1 atom stereocenters. The first-order chi connectivity index (χ1) is 11.6. The number of imidazole rings is 1. The van der Waals surface area contributed by atoms with Crippen molar-refractivity contribution in [2.75, 3.05) is 0 Å². The predicted octanol–water partition coefficient (Wildman–Crippen LogP) is 3.14. The smallest absolute Gasteiger partial charge is 0.180 e. The molecule has 3 N–H and O–H groups in total. The number of rotatable bonds is 7. The number of hydrogen-bond acceptors (Lipinski definition) is 5. The maximum Gasteiger partial charge on any atom is 0.180 e. The molecule has 1 heterocycles. The van der Waals surface area contributed by atoms with Crippen LogP contribution in [-0.2, 0) is 21.8 Å². The lowest BCUT2D eigenvalue weighted by Crippen LogP contribution is -2.36. The van der Waals surface area contributed by atoms with Crippen LogP contribution in [0.3, 0.4) is 0 Å². The monoisotopic (exact) mass is 345 g/mol. The molecule has 0 spiro atoms. The topological polar surface area (TPSA) is 90.2 Å². The van der Waals surface area contributed by atoms with E-state index in [0.29, 0.717) is 12.0 Å². The third kappa shape index (κ3) is 5.22. The van der Waals surface area contributed by atoms with E-state index in [1.807, 2.05) is 52.8 Å². The number of aromatic nitrogens is 2. The summed E-state index contributed by atoms with van der Waals surface area (Å²) in [6, 6.07) is 6.64. The Hall–Kier alpha value is -2.02. The Balaban J connectivity index is 2.22. The van der Waals surface area contributed by atoms with Gasteiger partial charge in [-0.1, -0.05) is 24.3 Å². The van der Waals surface area contributed by atoms with Gasteiger partial charge >= 0.3 is 0 Å². The Bertz CT molecular complexity index is 703. The zero-order chi connectivity index (χ0) is 18.7. The fourth-order valence-electron chi connectivity index (χ4n) is 2.42. The van der Waals surface area contributed by atoms with Gasteiger partial charge in [-0.25, -0.2) is 14.8 Å². The Morgan fingerprint density at radius 2 is 1.88 bits per heavy atom. The van der Waals surface area contributed by atoms with Gasteiger partial charge in [0.2, 0.25) is 0 Å². The molecule has 0 saturated heterocycles. The van der Waals surface area contributed by atoms with E-state index in [-0.39, 0.29) is 5.78 Å². The lowest BCUT2D eigenvalue weighted by molar-refractivity contribution is -0.401. The highest BCUT2D eigenvalue weighted by Gasteiger charge is 2.31. The van der Waals surface area contributed by atoms with E-state index in [4.69, 9.17) is 15.5 Å². The summed E-state index contributed by atoms with van der Waals surface area (Å²) in [5.41, 5.74) is 6.90. The van der Waals surface area contributed by atoms with Gasteiger partial charge in [0, 0.05) is 18.2 Å². The number of nitrogens with two attached hydrogens (primary N) is 1. The highest BCUT2D eigenvalue weighted by atomic mass is 17.2. The third-order valence-corrected chi connectivity index (χ3v) is 3.66. The number of carbonyl (C=O) groups is 1. The average Bonchev–Trinajstić information content (AvgIpc) is 3.04. The number of ketones is 1. The summed E-state index contributed by atoms with van der Waals surface area (Å²) >= 11 is 0. The van der Waals surface area contributed by atoms with Crippen LogP contribution in [0.2, 0.25) is 0 Å². The number of nitrogens with zero attached hydrogens (tertiary/aromatic N) is 1. The van der Waals surface area contributed by atoms with Crippen LogP contribution in [0.15, 0.2) is 36.8 Å². The Kier molecular flexibility index (Phi) is 5.77. The van der Waals surface area contributed by atoms with E-state index in [9.17, 15) is 4.79 Å². The van der Waals surface area contributed by atoms with Crippen LogP contribution in [0.4, 0.5) is 0 Å². The van der Waals surface area contributed by atoms with Crippen LogP contribution in [0.25, 0.3) is 0 Å². The third-order valence-electron chi connectivity index (χ3n) is 3.66. The standard InChI is InChI=1S/C19H27N3O3/c1-18(2,3)24-25-19(4,5)15-9-7-6-8-14(15)17(23)16(20)10-13-11-21-12-22-13/h6-9,11-12,16H,10,20H2,1-5H3,(H,21,22)/t16-/m0/s1. The maximum atomic E-state index is 12.9. The molecule has 0 bridgehead atoms. The van der Waals surface area contributed by atoms with Gasteiger partial charge in [-0.05, 0) is 40.2 Å². The molecule has 0 radical (unpaired) electrons. The molecule has 1 aromatic carbocycles. The van der Waals surface area contributed by atoms with Crippen LogP contribution in [0.5, 0.6) is 0 Å². The lowest BCUT2D eigenvalue weighted by atomic mass is 9.88. The molecule has 0 fully saturated rings. The molecular formula is C19H27N3O3. The van der Waals surface area contributed by atoms with Crippen molar-refractivity contribution in [2.45, 2.75) is 58.3 Å². The van der Waals surface area contributed by atoms with Crippen molar-refractivity contribution >= 4 is 5.78 Å². The minimum atomic E-state index is -0.800. The zero-order valence-electron chi connectivity index (χ0n) is 15.5. The highest BCUT2D eigenvalue weighted by molar-refractivity contribution is 6.01. The Morgan fingerprint density at radius 3 is 2.48 bits per heavy atom. The van der Waals surface area contributed by atoms with Gasteiger partial charge in [0.05, 0.1) is 23.7 Å². The fraction of sp³-hybridized carbons (Fsp3) is 0.474. The molecule has 136 valence electrons. The molecule has 25 heavy (non-hydrogen) atoms. The zero-order valence-corrected chi connectivity index (χ0v) is 15.5. The summed E-state index contributed by atoms with van der Waals surface area (Å²) in [4.78, 5) is 31.0. The van der Waals surface area contributed by atoms with Crippen molar-refractivity contribution in [3.8, 4) is 0 Å². The number of aromatic amines is 1. The molecule has 1 aromatic heterocycles. The van der Waals surface area contributed by atoms with Crippen molar-refractivity contribution in [2.24, 2.45) is 5.73 Å². The minimum absolute atomic E-state index is 0.147. The molecular weight excluding hydrogens is 318 g/mol. The molecule has 0 unspecified atom stereocenters. The van der Waals surface area contributed by atoms with Gasteiger partial charge < -0.3 is 10.7 Å². The molecule has 6 heteroatoms. The Morgan fingerprint density at radius 1 is 1.20 bits per heavy atom.